The second-order valence-electron chi connectivity index (χ2n) is 7.39. The fraction of sp³-hybridized carbons (Fsp3) is 0.364. The number of hydrogen-bond acceptors (Lipinski definition) is 4. The summed E-state index contributed by atoms with van der Waals surface area (Å²) in [6, 6.07) is 15.1. The second kappa shape index (κ2) is 8.33. The number of carbonyl (C=O) groups excluding carboxylic acids is 2. The van der Waals surface area contributed by atoms with E-state index in [0.29, 0.717) is 19.6 Å². The zero-order valence-electron chi connectivity index (χ0n) is 16.4. The van der Waals surface area contributed by atoms with Gasteiger partial charge in [-0.2, -0.15) is 0 Å². The summed E-state index contributed by atoms with van der Waals surface area (Å²) in [7, 11) is 1.61. The molecule has 2 heterocycles. The lowest BCUT2D eigenvalue weighted by molar-refractivity contribution is -0.136. The summed E-state index contributed by atoms with van der Waals surface area (Å²) >= 11 is 5.96. The SMILES string of the molecule is COc1ccc(N2C[C@@H](C(=O)N3CCN(c4ccc(Cl)cc4)CC3)CC2=O)cc1. The summed E-state index contributed by atoms with van der Waals surface area (Å²) in [6.07, 6.45) is 0.266. The number of carbonyl (C=O) groups is 2. The van der Waals surface area contributed by atoms with Gasteiger partial charge >= 0.3 is 0 Å². The molecule has 29 heavy (non-hydrogen) atoms. The Morgan fingerprint density at radius 2 is 1.59 bits per heavy atom. The van der Waals surface area contributed by atoms with Crippen LogP contribution in [0.1, 0.15) is 6.42 Å². The van der Waals surface area contributed by atoms with Crippen LogP contribution in [0.25, 0.3) is 0 Å². The first-order valence-corrected chi connectivity index (χ1v) is 10.2. The zero-order chi connectivity index (χ0) is 20.4. The number of nitrogens with zero attached hydrogens (tertiary/aromatic N) is 3. The monoisotopic (exact) mass is 413 g/mol. The van der Waals surface area contributed by atoms with Gasteiger partial charge in [0.05, 0.1) is 13.0 Å². The Kier molecular flexibility index (Phi) is 5.62. The zero-order valence-corrected chi connectivity index (χ0v) is 17.1. The van der Waals surface area contributed by atoms with Gasteiger partial charge in [-0.25, -0.2) is 0 Å². The molecular formula is C22H24ClN3O3. The minimum Gasteiger partial charge on any atom is -0.497 e. The molecule has 0 aliphatic carbocycles. The molecule has 2 fully saturated rings. The highest BCUT2D eigenvalue weighted by Gasteiger charge is 2.37. The Balaban J connectivity index is 1.35. The molecule has 6 nitrogen and oxygen atoms in total. The highest BCUT2D eigenvalue weighted by molar-refractivity contribution is 6.30. The molecule has 152 valence electrons. The van der Waals surface area contributed by atoms with Crippen LogP contribution in [-0.4, -0.2) is 56.5 Å². The van der Waals surface area contributed by atoms with Crippen molar-refractivity contribution in [3.8, 4) is 5.75 Å². The van der Waals surface area contributed by atoms with Gasteiger partial charge in [0.25, 0.3) is 0 Å². The van der Waals surface area contributed by atoms with Crippen molar-refractivity contribution >= 4 is 34.8 Å². The molecule has 0 spiro atoms. The van der Waals surface area contributed by atoms with Gasteiger partial charge in [0.15, 0.2) is 0 Å². The Morgan fingerprint density at radius 3 is 2.21 bits per heavy atom. The number of benzene rings is 2. The smallest absolute Gasteiger partial charge is 0.228 e. The van der Waals surface area contributed by atoms with Crippen molar-refractivity contribution in [2.75, 3.05) is 49.6 Å². The normalized spacial score (nSPS) is 19.6. The highest BCUT2D eigenvalue weighted by Crippen LogP contribution is 2.28. The van der Waals surface area contributed by atoms with Crippen molar-refractivity contribution in [1.82, 2.24) is 4.90 Å². The van der Waals surface area contributed by atoms with Crippen molar-refractivity contribution in [3.05, 3.63) is 53.6 Å². The van der Waals surface area contributed by atoms with Crippen LogP contribution in [0.15, 0.2) is 48.5 Å². The summed E-state index contributed by atoms with van der Waals surface area (Å²) in [5.41, 5.74) is 1.92. The molecule has 2 aromatic carbocycles. The van der Waals surface area contributed by atoms with E-state index in [1.165, 1.54) is 0 Å². The molecule has 0 saturated carbocycles. The van der Waals surface area contributed by atoms with Crippen molar-refractivity contribution in [1.29, 1.82) is 0 Å². The summed E-state index contributed by atoms with van der Waals surface area (Å²) < 4.78 is 5.17. The molecule has 2 aliphatic heterocycles. The van der Waals surface area contributed by atoms with Crippen LogP contribution in [0.5, 0.6) is 5.75 Å². The summed E-state index contributed by atoms with van der Waals surface area (Å²) in [5.74, 6) is 0.525. The molecule has 2 amide bonds. The average Bonchev–Trinajstić information content (AvgIpc) is 3.15. The van der Waals surface area contributed by atoms with E-state index in [0.717, 1.165) is 35.2 Å². The molecule has 0 unspecified atom stereocenters. The number of amides is 2. The maximum atomic E-state index is 13.0. The van der Waals surface area contributed by atoms with Crippen LogP contribution >= 0.6 is 11.6 Å². The van der Waals surface area contributed by atoms with E-state index in [4.69, 9.17) is 16.3 Å². The molecule has 7 heteroatoms. The van der Waals surface area contributed by atoms with Crippen LogP contribution in [0.4, 0.5) is 11.4 Å². The van der Waals surface area contributed by atoms with Crippen LogP contribution in [-0.2, 0) is 9.59 Å². The molecule has 2 aromatic rings. The second-order valence-corrected chi connectivity index (χ2v) is 7.83. The van der Waals surface area contributed by atoms with Gasteiger partial charge < -0.3 is 19.4 Å². The van der Waals surface area contributed by atoms with E-state index in [-0.39, 0.29) is 24.2 Å². The molecule has 0 N–H and O–H groups in total. The number of piperazine rings is 1. The lowest BCUT2D eigenvalue weighted by Crippen LogP contribution is -2.50. The van der Waals surface area contributed by atoms with Crippen LogP contribution < -0.4 is 14.5 Å². The van der Waals surface area contributed by atoms with Crippen molar-refractivity contribution in [2.24, 2.45) is 5.92 Å². The molecule has 4 rings (SSSR count). The number of rotatable bonds is 4. The summed E-state index contributed by atoms with van der Waals surface area (Å²) in [5, 5.41) is 0.717. The third-order valence-electron chi connectivity index (χ3n) is 5.64. The third-order valence-corrected chi connectivity index (χ3v) is 5.89. The van der Waals surface area contributed by atoms with E-state index in [1.807, 2.05) is 53.4 Å². The number of methoxy groups -OCH3 is 1. The van der Waals surface area contributed by atoms with Gasteiger partial charge in [0.2, 0.25) is 11.8 Å². The lowest BCUT2D eigenvalue weighted by Gasteiger charge is -2.37. The molecule has 2 saturated heterocycles. The summed E-state index contributed by atoms with van der Waals surface area (Å²) in [6.45, 7) is 3.30. The molecule has 0 radical (unpaired) electrons. The third kappa shape index (κ3) is 4.17. The van der Waals surface area contributed by atoms with E-state index in [9.17, 15) is 9.59 Å². The van der Waals surface area contributed by atoms with E-state index in [2.05, 4.69) is 4.90 Å². The first kappa shape index (κ1) is 19.6. The van der Waals surface area contributed by atoms with Gasteiger partial charge in [-0.15, -0.1) is 0 Å². The lowest BCUT2D eigenvalue weighted by atomic mass is 10.1. The minimum absolute atomic E-state index is 0.00619. The largest absolute Gasteiger partial charge is 0.497 e. The molecule has 2 aliphatic rings. The van der Waals surface area contributed by atoms with Crippen LogP contribution in [0, 0.1) is 5.92 Å². The van der Waals surface area contributed by atoms with Gasteiger partial charge in [0, 0.05) is 55.5 Å². The van der Waals surface area contributed by atoms with Gasteiger partial charge in [0.1, 0.15) is 5.75 Å². The highest BCUT2D eigenvalue weighted by atomic mass is 35.5. The Labute approximate surface area is 175 Å². The van der Waals surface area contributed by atoms with Gasteiger partial charge in [-0.1, -0.05) is 11.6 Å². The number of halogens is 1. The molecular weight excluding hydrogens is 390 g/mol. The molecule has 1 atom stereocenters. The maximum absolute atomic E-state index is 13.0. The number of anilines is 2. The van der Waals surface area contributed by atoms with Gasteiger partial charge in [-0.3, -0.25) is 9.59 Å². The van der Waals surface area contributed by atoms with E-state index in [1.54, 1.807) is 12.0 Å². The predicted molar refractivity (Wildman–Crippen MR) is 114 cm³/mol. The first-order valence-electron chi connectivity index (χ1n) is 9.79. The minimum atomic E-state index is -0.285. The van der Waals surface area contributed by atoms with Gasteiger partial charge in [-0.05, 0) is 48.5 Å². The van der Waals surface area contributed by atoms with Crippen molar-refractivity contribution < 1.29 is 14.3 Å². The average molecular weight is 414 g/mol. The molecule has 0 aromatic heterocycles. The number of hydrogen-bond donors (Lipinski definition) is 0. The first-order chi connectivity index (χ1) is 14.0. The Morgan fingerprint density at radius 1 is 0.966 bits per heavy atom. The fourth-order valence-corrected chi connectivity index (χ4v) is 4.11. The van der Waals surface area contributed by atoms with E-state index >= 15 is 0 Å². The quantitative estimate of drug-likeness (QED) is 0.773. The standard InChI is InChI=1S/C22H24ClN3O3/c1-29-20-8-6-19(7-9-20)26-15-16(14-21(26)27)22(28)25-12-10-24(11-13-25)18-4-2-17(23)3-5-18/h2-9,16H,10-15H2,1H3/t16-/m0/s1. The Hall–Kier alpha value is -2.73. The van der Waals surface area contributed by atoms with Crippen LogP contribution in [0.2, 0.25) is 5.02 Å². The van der Waals surface area contributed by atoms with Crippen molar-refractivity contribution in [2.45, 2.75) is 6.42 Å². The topological polar surface area (TPSA) is 53.1 Å². The van der Waals surface area contributed by atoms with Crippen molar-refractivity contribution in [3.63, 3.8) is 0 Å². The maximum Gasteiger partial charge on any atom is 0.228 e. The fourth-order valence-electron chi connectivity index (χ4n) is 3.98. The number of ether oxygens (including phenoxy) is 1. The molecule has 0 bridgehead atoms. The Bertz CT molecular complexity index is 877. The van der Waals surface area contributed by atoms with E-state index < -0.39 is 0 Å². The van der Waals surface area contributed by atoms with Crippen LogP contribution in [0.3, 0.4) is 0 Å². The summed E-state index contributed by atoms with van der Waals surface area (Å²) in [4.78, 5) is 31.3. The predicted octanol–water partition coefficient (Wildman–Crippen LogP) is 3.05.